The predicted octanol–water partition coefficient (Wildman–Crippen LogP) is 6.96. The summed E-state index contributed by atoms with van der Waals surface area (Å²) in [6.45, 7) is 5.22. The van der Waals surface area contributed by atoms with Crippen LogP contribution in [0, 0.1) is 24.5 Å². The molecule has 0 N–H and O–H groups in total. The number of benzene rings is 3. The number of likely N-dealkylation sites (tertiary alicyclic amines) is 1. The van der Waals surface area contributed by atoms with Crippen molar-refractivity contribution in [1.82, 2.24) is 9.80 Å². The second-order valence-corrected chi connectivity index (χ2v) is 10.8. The van der Waals surface area contributed by atoms with Gasteiger partial charge in [0, 0.05) is 43.7 Å². The molecule has 3 nitrogen and oxygen atoms in total. The van der Waals surface area contributed by atoms with Crippen LogP contribution < -0.4 is 0 Å². The van der Waals surface area contributed by atoms with Crippen LogP contribution in [-0.2, 0) is 6.54 Å². The third kappa shape index (κ3) is 6.10. The van der Waals surface area contributed by atoms with Crippen molar-refractivity contribution in [3.05, 3.63) is 107 Å². The molecule has 3 aromatic carbocycles. The largest absolute Gasteiger partial charge is 0.335 e. The second-order valence-electron chi connectivity index (χ2n) is 10.8. The van der Waals surface area contributed by atoms with E-state index in [1.165, 1.54) is 35.7 Å². The molecule has 2 atom stereocenters. The smallest absolute Gasteiger partial charge is 0.254 e. The minimum Gasteiger partial charge on any atom is -0.335 e. The van der Waals surface area contributed by atoms with Crippen molar-refractivity contribution in [2.24, 2.45) is 5.92 Å². The number of halogens is 2. The van der Waals surface area contributed by atoms with Crippen LogP contribution >= 0.6 is 0 Å². The van der Waals surface area contributed by atoms with Crippen molar-refractivity contribution in [3.63, 3.8) is 0 Å². The molecule has 37 heavy (non-hydrogen) atoms. The fourth-order valence-corrected chi connectivity index (χ4v) is 6.32. The first-order valence-corrected chi connectivity index (χ1v) is 13.6. The van der Waals surface area contributed by atoms with Crippen molar-refractivity contribution in [1.29, 1.82) is 0 Å². The molecule has 1 saturated heterocycles. The van der Waals surface area contributed by atoms with Gasteiger partial charge in [0.15, 0.2) is 0 Å². The maximum Gasteiger partial charge on any atom is 0.254 e. The van der Waals surface area contributed by atoms with E-state index in [0.717, 1.165) is 44.3 Å². The van der Waals surface area contributed by atoms with Gasteiger partial charge in [0.05, 0.1) is 0 Å². The van der Waals surface area contributed by atoms with Gasteiger partial charge >= 0.3 is 0 Å². The van der Waals surface area contributed by atoms with E-state index < -0.39 is 0 Å². The first kappa shape index (κ1) is 25.6. The van der Waals surface area contributed by atoms with Crippen molar-refractivity contribution >= 4 is 5.91 Å². The molecule has 0 spiro atoms. The highest BCUT2D eigenvalue weighted by Gasteiger charge is 2.38. The van der Waals surface area contributed by atoms with Gasteiger partial charge in [-0.3, -0.25) is 9.69 Å². The number of hydrogen-bond acceptors (Lipinski definition) is 2. The predicted molar refractivity (Wildman–Crippen MR) is 143 cm³/mol. The van der Waals surface area contributed by atoms with E-state index in [2.05, 4.69) is 41.0 Å². The van der Waals surface area contributed by atoms with Crippen LogP contribution in [0.1, 0.15) is 65.1 Å². The highest BCUT2D eigenvalue weighted by molar-refractivity contribution is 5.94. The maximum atomic E-state index is 13.9. The van der Waals surface area contributed by atoms with E-state index in [4.69, 9.17) is 0 Å². The minimum atomic E-state index is -0.329. The number of aryl methyl sites for hydroxylation is 1. The van der Waals surface area contributed by atoms with Crippen LogP contribution in [0.3, 0.4) is 0 Å². The van der Waals surface area contributed by atoms with Crippen molar-refractivity contribution < 1.29 is 13.6 Å². The van der Waals surface area contributed by atoms with E-state index in [1.807, 2.05) is 6.07 Å². The van der Waals surface area contributed by atoms with Crippen molar-refractivity contribution in [2.75, 3.05) is 19.6 Å². The Kier molecular flexibility index (Phi) is 7.99. The number of amides is 1. The molecular weight excluding hydrogens is 466 g/mol. The number of carbonyl (C=O) groups is 1. The van der Waals surface area contributed by atoms with Crippen LogP contribution in [0.2, 0.25) is 0 Å². The lowest BCUT2D eigenvalue weighted by Gasteiger charge is -2.37. The molecule has 3 aromatic rings. The zero-order valence-corrected chi connectivity index (χ0v) is 21.6. The molecule has 2 aliphatic rings. The molecule has 1 saturated carbocycles. The topological polar surface area (TPSA) is 23.6 Å². The number of nitrogens with zero attached hydrogens (tertiary/aromatic N) is 2. The molecule has 5 heteroatoms. The summed E-state index contributed by atoms with van der Waals surface area (Å²) >= 11 is 0. The molecule has 1 aliphatic carbocycles. The summed E-state index contributed by atoms with van der Waals surface area (Å²) in [5.74, 6) is -0.0110. The molecule has 194 valence electrons. The van der Waals surface area contributed by atoms with Crippen molar-refractivity contribution in [3.8, 4) is 0 Å². The fraction of sp³-hybridized carbons (Fsp3) is 0.406. The van der Waals surface area contributed by atoms with Gasteiger partial charge in [0.25, 0.3) is 5.91 Å². The third-order valence-electron chi connectivity index (χ3n) is 8.20. The highest BCUT2D eigenvalue weighted by Crippen LogP contribution is 2.37. The lowest BCUT2D eigenvalue weighted by Crippen LogP contribution is -2.45. The Hall–Kier alpha value is -3.05. The maximum absolute atomic E-state index is 13.9. The average molecular weight is 503 g/mol. The average Bonchev–Trinajstić information content (AvgIpc) is 3.30. The molecular formula is C32H36F2N2O. The molecule has 1 amide bonds. The summed E-state index contributed by atoms with van der Waals surface area (Å²) in [6, 6.07) is 21.5. The quantitative estimate of drug-likeness (QED) is 0.349. The summed E-state index contributed by atoms with van der Waals surface area (Å²) in [7, 11) is 0. The molecule has 5 rings (SSSR count). The molecule has 0 bridgehead atoms. The molecule has 0 unspecified atom stereocenters. The van der Waals surface area contributed by atoms with Gasteiger partial charge < -0.3 is 4.90 Å². The standard InChI is InChI=1S/C32H36F2N2O/c1-23-8-5-6-13-30(23)31-22-35(19-24-9-7-10-28(34)18-24)20-26(31)21-36(29-11-3-2-4-12-29)32(37)25-14-16-27(33)17-15-25/h5-10,13-18,26,29,31H,2-4,11-12,19-22H2,1H3/t26-,31-/m1/s1. The number of carbonyl (C=O) groups excluding carboxylic acids is 1. The molecule has 0 radical (unpaired) electrons. The van der Waals surface area contributed by atoms with Crippen LogP contribution in [-0.4, -0.2) is 41.4 Å². The number of hydrogen-bond donors (Lipinski definition) is 0. The Morgan fingerprint density at radius 1 is 0.892 bits per heavy atom. The van der Waals surface area contributed by atoms with Gasteiger partial charge in [0.1, 0.15) is 11.6 Å². The molecule has 0 aromatic heterocycles. The second kappa shape index (κ2) is 11.6. The Morgan fingerprint density at radius 3 is 2.38 bits per heavy atom. The SMILES string of the molecule is Cc1ccccc1[C@@H]1CN(Cc2cccc(F)c2)C[C@@H]1CN(C(=O)c1ccc(F)cc1)C1CCCCC1. The van der Waals surface area contributed by atoms with Crippen LogP contribution in [0.5, 0.6) is 0 Å². The monoisotopic (exact) mass is 502 g/mol. The van der Waals surface area contributed by atoms with E-state index in [0.29, 0.717) is 18.7 Å². The Morgan fingerprint density at radius 2 is 1.65 bits per heavy atom. The van der Waals surface area contributed by atoms with E-state index in [1.54, 1.807) is 24.3 Å². The Balaban J connectivity index is 1.43. The lowest BCUT2D eigenvalue weighted by atomic mass is 9.85. The molecule has 1 aliphatic heterocycles. The van der Waals surface area contributed by atoms with Crippen LogP contribution in [0.25, 0.3) is 0 Å². The van der Waals surface area contributed by atoms with Crippen molar-refractivity contribution in [2.45, 2.75) is 57.5 Å². The normalized spacial score (nSPS) is 20.7. The molecule has 2 fully saturated rings. The first-order chi connectivity index (χ1) is 18.0. The van der Waals surface area contributed by atoms with Gasteiger partial charge in [-0.2, -0.15) is 0 Å². The van der Waals surface area contributed by atoms with Crippen LogP contribution in [0.15, 0.2) is 72.8 Å². The summed E-state index contributed by atoms with van der Waals surface area (Å²) < 4.78 is 27.5. The van der Waals surface area contributed by atoms with Gasteiger partial charge in [-0.25, -0.2) is 8.78 Å². The van der Waals surface area contributed by atoms with Gasteiger partial charge in [0.2, 0.25) is 0 Å². The summed E-state index contributed by atoms with van der Waals surface area (Å²) in [5, 5.41) is 0. The fourth-order valence-electron chi connectivity index (χ4n) is 6.32. The summed E-state index contributed by atoms with van der Waals surface area (Å²) in [6.07, 6.45) is 5.51. The zero-order chi connectivity index (χ0) is 25.8. The van der Waals surface area contributed by atoms with Gasteiger partial charge in [-0.05, 0) is 78.8 Å². The lowest BCUT2D eigenvalue weighted by molar-refractivity contribution is 0.0588. The van der Waals surface area contributed by atoms with E-state index in [9.17, 15) is 13.6 Å². The van der Waals surface area contributed by atoms with E-state index in [-0.39, 0.29) is 35.4 Å². The Bertz CT molecular complexity index is 1210. The number of rotatable bonds is 7. The summed E-state index contributed by atoms with van der Waals surface area (Å²) in [4.78, 5) is 18.3. The van der Waals surface area contributed by atoms with Gasteiger partial charge in [-0.1, -0.05) is 55.7 Å². The zero-order valence-electron chi connectivity index (χ0n) is 21.6. The third-order valence-corrected chi connectivity index (χ3v) is 8.20. The minimum absolute atomic E-state index is 0.000913. The molecule has 1 heterocycles. The first-order valence-electron chi connectivity index (χ1n) is 13.6. The van der Waals surface area contributed by atoms with Crippen LogP contribution in [0.4, 0.5) is 8.78 Å². The highest BCUT2D eigenvalue weighted by atomic mass is 19.1. The summed E-state index contributed by atoms with van der Waals surface area (Å²) in [5.41, 5.74) is 4.11. The van der Waals surface area contributed by atoms with E-state index >= 15 is 0 Å². The van der Waals surface area contributed by atoms with Gasteiger partial charge in [-0.15, -0.1) is 0 Å². The Labute approximate surface area is 219 Å².